The summed E-state index contributed by atoms with van der Waals surface area (Å²) in [6.45, 7) is 8.87. The van der Waals surface area contributed by atoms with Gasteiger partial charge in [0.25, 0.3) is 5.56 Å². The minimum Gasteiger partial charge on any atom is -0.349 e. The quantitative estimate of drug-likeness (QED) is 0.560. The minimum absolute atomic E-state index is 0.210. The van der Waals surface area contributed by atoms with E-state index in [4.69, 9.17) is 9.47 Å². The number of aromatic amines is 2. The Morgan fingerprint density at radius 1 is 0.933 bits per heavy atom. The molecule has 0 spiro atoms. The molecule has 160 valence electrons. The monoisotopic (exact) mass is 415 g/mol. The summed E-state index contributed by atoms with van der Waals surface area (Å²) in [5.74, 6) is 0. The second-order valence-electron chi connectivity index (χ2n) is 6.62. The average Bonchev–Trinajstić information content (AvgIpc) is 2.74. The van der Waals surface area contributed by atoms with E-state index in [0.29, 0.717) is 31.0 Å². The van der Waals surface area contributed by atoms with Crippen molar-refractivity contribution < 1.29 is 14.5 Å². The number of fused-ring (bicyclic) bond motifs is 1. The van der Waals surface area contributed by atoms with Crippen molar-refractivity contribution in [1.29, 1.82) is 0 Å². The predicted octanol–water partition coefficient (Wildman–Crippen LogP) is 1.44. The summed E-state index contributed by atoms with van der Waals surface area (Å²) < 4.78 is 13.8. The number of aromatic nitrogens is 4. The van der Waals surface area contributed by atoms with Crippen LogP contribution >= 0.6 is 0 Å². The molecule has 0 aliphatic heterocycles. The van der Waals surface area contributed by atoms with E-state index in [9.17, 15) is 14.4 Å². The van der Waals surface area contributed by atoms with Gasteiger partial charge >= 0.3 is 11.4 Å². The normalized spacial score (nSPS) is 11.5. The van der Waals surface area contributed by atoms with Crippen molar-refractivity contribution in [2.45, 2.75) is 47.1 Å². The van der Waals surface area contributed by atoms with E-state index in [1.165, 1.54) is 4.57 Å². The van der Waals surface area contributed by atoms with Crippen molar-refractivity contribution in [2.24, 2.45) is 0 Å². The van der Waals surface area contributed by atoms with Crippen LogP contribution < -0.4 is 21.9 Å². The van der Waals surface area contributed by atoms with Crippen LogP contribution in [0.2, 0.25) is 0 Å². The fourth-order valence-corrected chi connectivity index (χ4v) is 3.51. The number of hydrogen-bond acceptors (Lipinski definition) is 5. The molecule has 1 aromatic carbocycles. The molecule has 0 radical (unpaired) electrons. The van der Waals surface area contributed by atoms with E-state index >= 15 is 0 Å². The van der Waals surface area contributed by atoms with Crippen LogP contribution in [0.3, 0.4) is 0 Å². The number of rotatable bonds is 8. The van der Waals surface area contributed by atoms with E-state index in [1.54, 1.807) is 26.0 Å². The van der Waals surface area contributed by atoms with Gasteiger partial charge < -0.3 is 9.47 Å². The molecule has 0 aliphatic rings. The van der Waals surface area contributed by atoms with Crippen LogP contribution in [0.1, 0.15) is 39.5 Å². The lowest BCUT2D eigenvalue weighted by atomic mass is 10.1. The number of benzene rings is 1. The van der Waals surface area contributed by atoms with Crippen molar-refractivity contribution in [2.75, 3.05) is 13.2 Å². The van der Waals surface area contributed by atoms with Gasteiger partial charge in [-0.2, -0.15) is 0 Å². The molecule has 30 heavy (non-hydrogen) atoms. The lowest BCUT2D eigenvalue weighted by molar-refractivity contribution is -0.374. The highest BCUT2D eigenvalue weighted by atomic mass is 16.7. The zero-order valence-corrected chi connectivity index (χ0v) is 17.7. The summed E-state index contributed by atoms with van der Waals surface area (Å²) in [6, 6.07) is 7.26. The van der Waals surface area contributed by atoms with Gasteiger partial charge in [-0.25, -0.2) is 28.7 Å². The van der Waals surface area contributed by atoms with Crippen LogP contribution in [0.25, 0.3) is 22.3 Å². The van der Waals surface area contributed by atoms with Crippen LogP contribution in [-0.4, -0.2) is 27.3 Å². The third-order valence-corrected chi connectivity index (χ3v) is 4.89. The van der Waals surface area contributed by atoms with E-state index in [-0.39, 0.29) is 17.6 Å². The fraction of sp³-hybridized carbons (Fsp3) is 0.429. The Kier molecular flexibility index (Phi) is 6.63. The molecule has 0 unspecified atom stereocenters. The van der Waals surface area contributed by atoms with Crippen molar-refractivity contribution in [3.63, 3.8) is 0 Å². The van der Waals surface area contributed by atoms with E-state index in [2.05, 4.69) is 9.97 Å². The Bertz CT molecular complexity index is 1200. The van der Waals surface area contributed by atoms with Gasteiger partial charge in [0.2, 0.25) is 5.65 Å². The van der Waals surface area contributed by atoms with Crippen molar-refractivity contribution >= 4 is 11.0 Å². The first-order valence-electron chi connectivity index (χ1n) is 10.1. The standard InChI is InChI=1S/C21H26N4O5/c1-5-24-17-15(18(26)25(6-2)21(24)28)16(22-20(27)23-17)13-9-11-14(12-10-13)19(29-7-3)30-8-4/h9-12,19H,5-8H2,1-4H3,(H,22,23,27)/p+1. The number of nitrogens with zero attached hydrogens (tertiary/aromatic N) is 2. The molecule has 2 heterocycles. The number of ether oxygens (including phenoxy) is 2. The second kappa shape index (κ2) is 9.19. The van der Waals surface area contributed by atoms with Gasteiger partial charge in [-0.15, -0.1) is 0 Å². The molecule has 3 aromatic rings. The molecule has 0 bridgehead atoms. The summed E-state index contributed by atoms with van der Waals surface area (Å²) in [5, 5.41) is 0.261. The molecule has 0 fully saturated rings. The molecule has 0 saturated heterocycles. The third kappa shape index (κ3) is 3.86. The highest BCUT2D eigenvalue weighted by Crippen LogP contribution is 2.25. The summed E-state index contributed by atoms with van der Waals surface area (Å²) in [6.07, 6.45) is -0.489. The van der Waals surface area contributed by atoms with Crippen LogP contribution in [0.5, 0.6) is 0 Å². The zero-order valence-electron chi connectivity index (χ0n) is 17.7. The molecule has 9 heteroatoms. The van der Waals surface area contributed by atoms with Crippen LogP contribution in [0, 0.1) is 0 Å². The van der Waals surface area contributed by atoms with Gasteiger partial charge in [0.1, 0.15) is 5.69 Å². The van der Waals surface area contributed by atoms with E-state index in [0.717, 1.165) is 10.1 Å². The minimum atomic E-state index is -0.502. The summed E-state index contributed by atoms with van der Waals surface area (Å²) in [4.78, 5) is 43.3. The number of H-pyrrole nitrogens is 2. The van der Waals surface area contributed by atoms with Crippen molar-refractivity contribution in [1.82, 2.24) is 14.1 Å². The first-order chi connectivity index (χ1) is 14.5. The molecular formula is C21H27N4O5+. The maximum absolute atomic E-state index is 13.1. The SMILES string of the molecule is CCOC(OCC)c1ccc(-c2[nH]c(=O)[nH+]c3c2c(=O)n(CC)c(=O)n3CC)cc1. The molecule has 2 aromatic heterocycles. The second-order valence-corrected chi connectivity index (χ2v) is 6.62. The van der Waals surface area contributed by atoms with E-state index < -0.39 is 23.2 Å². The Balaban J connectivity index is 2.25. The van der Waals surface area contributed by atoms with Gasteiger partial charge in [0.15, 0.2) is 11.7 Å². The number of nitrogens with one attached hydrogen (secondary N) is 2. The Labute approximate surface area is 172 Å². The summed E-state index contributed by atoms with van der Waals surface area (Å²) >= 11 is 0. The summed E-state index contributed by atoms with van der Waals surface area (Å²) in [7, 11) is 0. The van der Waals surface area contributed by atoms with Gasteiger partial charge in [0.05, 0.1) is 6.54 Å². The van der Waals surface area contributed by atoms with Crippen LogP contribution in [-0.2, 0) is 22.6 Å². The Morgan fingerprint density at radius 3 is 2.07 bits per heavy atom. The van der Waals surface area contributed by atoms with Gasteiger partial charge in [0, 0.05) is 30.9 Å². The highest BCUT2D eigenvalue weighted by molar-refractivity contribution is 5.87. The average molecular weight is 415 g/mol. The first-order valence-corrected chi connectivity index (χ1v) is 10.1. The predicted molar refractivity (Wildman–Crippen MR) is 112 cm³/mol. The molecule has 9 nitrogen and oxygen atoms in total. The summed E-state index contributed by atoms with van der Waals surface area (Å²) in [5.41, 5.74) is 0.641. The molecule has 2 N–H and O–H groups in total. The lowest BCUT2D eigenvalue weighted by Gasteiger charge is -2.17. The van der Waals surface area contributed by atoms with Crippen molar-refractivity contribution in [3.8, 4) is 11.3 Å². The topological polar surface area (TPSA) is 109 Å². The fourth-order valence-electron chi connectivity index (χ4n) is 3.51. The van der Waals surface area contributed by atoms with Gasteiger partial charge in [-0.05, 0) is 27.7 Å². The van der Waals surface area contributed by atoms with E-state index in [1.807, 2.05) is 26.0 Å². The molecule has 0 saturated carbocycles. The van der Waals surface area contributed by atoms with Crippen molar-refractivity contribution in [3.05, 3.63) is 61.2 Å². The molecule has 3 rings (SSSR count). The molecule has 0 atom stereocenters. The molecule has 0 aliphatic carbocycles. The lowest BCUT2D eigenvalue weighted by Crippen LogP contribution is -2.45. The molecule has 0 amide bonds. The maximum atomic E-state index is 13.1. The first kappa shape index (κ1) is 21.7. The Morgan fingerprint density at radius 2 is 1.53 bits per heavy atom. The number of aryl methyl sites for hydroxylation is 1. The maximum Gasteiger partial charge on any atom is 0.439 e. The number of hydrogen-bond donors (Lipinski definition) is 1. The third-order valence-electron chi connectivity index (χ3n) is 4.89. The largest absolute Gasteiger partial charge is 0.439 e. The molecular weight excluding hydrogens is 388 g/mol. The van der Waals surface area contributed by atoms with Gasteiger partial charge in [-0.1, -0.05) is 24.3 Å². The van der Waals surface area contributed by atoms with Crippen LogP contribution in [0.15, 0.2) is 38.6 Å². The highest BCUT2D eigenvalue weighted by Gasteiger charge is 2.23. The Hall–Kier alpha value is -3.04. The smallest absolute Gasteiger partial charge is 0.349 e. The zero-order chi connectivity index (χ0) is 21.8. The van der Waals surface area contributed by atoms with Gasteiger partial charge in [-0.3, -0.25) is 4.79 Å². The van der Waals surface area contributed by atoms with Crippen LogP contribution in [0.4, 0.5) is 0 Å².